The van der Waals surface area contributed by atoms with E-state index in [9.17, 15) is 13.2 Å². The van der Waals surface area contributed by atoms with Crippen molar-refractivity contribution in [2.75, 3.05) is 23.0 Å². The van der Waals surface area contributed by atoms with Crippen molar-refractivity contribution in [1.29, 1.82) is 0 Å². The lowest BCUT2D eigenvalue weighted by Gasteiger charge is -2.26. The van der Waals surface area contributed by atoms with Crippen LogP contribution in [0.4, 0.5) is 5.95 Å². The van der Waals surface area contributed by atoms with E-state index >= 15 is 0 Å². The Kier molecular flexibility index (Phi) is 4.03. The van der Waals surface area contributed by atoms with E-state index in [0.717, 1.165) is 12.8 Å². The fourth-order valence-electron chi connectivity index (χ4n) is 2.67. The lowest BCUT2D eigenvalue weighted by molar-refractivity contribution is 0.0950. The summed E-state index contributed by atoms with van der Waals surface area (Å²) < 4.78 is 23.2. The van der Waals surface area contributed by atoms with Gasteiger partial charge < -0.3 is 10.2 Å². The molecule has 1 aliphatic heterocycles. The van der Waals surface area contributed by atoms with Gasteiger partial charge in [0, 0.05) is 31.0 Å². The van der Waals surface area contributed by atoms with E-state index in [-0.39, 0.29) is 23.5 Å². The summed E-state index contributed by atoms with van der Waals surface area (Å²) in [6, 6.07) is 0.212. The molecule has 120 valence electrons. The monoisotopic (exact) mass is 324 g/mol. The average Bonchev–Trinajstić information content (AvgIpc) is 3.23. The predicted octanol–water partition coefficient (Wildman–Crippen LogP) is 0.382. The van der Waals surface area contributed by atoms with Crippen LogP contribution in [0.25, 0.3) is 0 Å². The summed E-state index contributed by atoms with van der Waals surface area (Å²) in [4.78, 5) is 22.3. The average molecular weight is 324 g/mol. The second-order valence-corrected chi connectivity index (χ2v) is 8.09. The van der Waals surface area contributed by atoms with Gasteiger partial charge in [-0.05, 0) is 26.2 Å². The number of hydrogen-bond acceptors (Lipinski definition) is 6. The molecular weight excluding hydrogens is 304 g/mol. The van der Waals surface area contributed by atoms with E-state index in [1.165, 1.54) is 12.4 Å². The fourth-order valence-corrected chi connectivity index (χ4v) is 4.40. The van der Waals surface area contributed by atoms with Crippen LogP contribution in [0.3, 0.4) is 0 Å². The van der Waals surface area contributed by atoms with Crippen molar-refractivity contribution in [2.24, 2.45) is 0 Å². The molecule has 7 nitrogen and oxygen atoms in total. The number of carbonyl (C=O) groups is 1. The number of nitrogens with one attached hydrogen (secondary N) is 1. The summed E-state index contributed by atoms with van der Waals surface area (Å²) in [5.41, 5.74) is 0.436. The molecule has 2 aliphatic rings. The number of aromatic nitrogens is 2. The number of sulfone groups is 1. The van der Waals surface area contributed by atoms with Crippen LogP contribution in [0.2, 0.25) is 0 Å². The summed E-state index contributed by atoms with van der Waals surface area (Å²) in [6.07, 6.45) is 5.68. The summed E-state index contributed by atoms with van der Waals surface area (Å²) in [5, 5.41) is 2.89. The highest BCUT2D eigenvalue weighted by molar-refractivity contribution is 7.91. The molecule has 1 saturated heterocycles. The molecule has 1 aromatic heterocycles. The second-order valence-electron chi connectivity index (χ2n) is 5.86. The maximum atomic E-state index is 11.9. The van der Waals surface area contributed by atoms with Gasteiger partial charge in [-0.3, -0.25) is 4.79 Å². The normalized spacial score (nSPS) is 23.2. The van der Waals surface area contributed by atoms with Gasteiger partial charge in [-0.1, -0.05) is 0 Å². The first kappa shape index (κ1) is 15.2. The largest absolute Gasteiger partial charge is 0.349 e. The minimum absolute atomic E-state index is 0.0823. The summed E-state index contributed by atoms with van der Waals surface area (Å²) in [7, 11) is -2.95. The Morgan fingerprint density at radius 3 is 2.50 bits per heavy atom. The van der Waals surface area contributed by atoms with Crippen molar-refractivity contribution in [3.63, 3.8) is 0 Å². The third-order valence-corrected chi connectivity index (χ3v) is 5.81. The van der Waals surface area contributed by atoms with Gasteiger partial charge in [-0.2, -0.15) is 0 Å². The first-order valence-corrected chi connectivity index (χ1v) is 9.40. The molecule has 2 heterocycles. The van der Waals surface area contributed by atoms with Gasteiger partial charge in [0.1, 0.15) is 0 Å². The van der Waals surface area contributed by atoms with Crippen molar-refractivity contribution < 1.29 is 13.2 Å². The molecule has 0 bridgehead atoms. The highest BCUT2D eigenvalue weighted by Gasteiger charge is 2.33. The summed E-state index contributed by atoms with van der Waals surface area (Å²) in [6.45, 7) is 2.58. The van der Waals surface area contributed by atoms with Gasteiger partial charge in [0.25, 0.3) is 5.91 Å². The van der Waals surface area contributed by atoms with E-state index in [4.69, 9.17) is 0 Å². The lowest BCUT2D eigenvalue weighted by atomic mass is 10.2. The number of hydrogen-bond donors (Lipinski definition) is 1. The fraction of sp³-hybridized carbons (Fsp3) is 0.643. The number of nitrogens with zero attached hydrogens (tertiary/aromatic N) is 3. The third-order valence-electron chi connectivity index (χ3n) is 4.06. The molecule has 1 aliphatic carbocycles. The van der Waals surface area contributed by atoms with Crippen LogP contribution in [0, 0.1) is 0 Å². The molecule has 1 aromatic rings. The Balaban J connectivity index is 1.71. The van der Waals surface area contributed by atoms with Crippen molar-refractivity contribution in [3.8, 4) is 0 Å². The van der Waals surface area contributed by atoms with Gasteiger partial charge in [0.2, 0.25) is 5.95 Å². The minimum Gasteiger partial charge on any atom is -0.349 e. The summed E-state index contributed by atoms with van der Waals surface area (Å²) in [5.74, 6) is 0.692. The van der Waals surface area contributed by atoms with E-state index in [2.05, 4.69) is 15.3 Å². The van der Waals surface area contributed by atoms with Gasteiger partial charge in [-0.25, -0.2) is 18.4 Å². The Labute approximate surface area is 130 Å². The molecule has 0 radical (unpaired) electrons. The van der Waals surface area contributed by atoms with E-state index in [1.54, 1.807) is 0 Å². The minimum atomic E-state index is -2.95. The molecule has 1 saturated carbocycles. The summed E-state index contributed by atoms with van der Waals surface area (Å²) >= 11 is 0. The van der Waals surface area contributed by atoms with Gasteiger partial charge >= 0.3 is 0 Å². The molecule has 1 N–H and O–H groups in total. The number of rotatable bonds is 5. The van der Waals surface area contributed by atoms with Crippen molar-refractivity contribution in [3.05, 3.63) is 18.0 Å². The topological polar surface area (TPSA) is 92.3 Å². The van der Waals surface area contributed by atoms with Crippen LogP contribution in [-0.2, 0) is 9.84 Å². The molecular formula is C14H20N4O3S. The number of anilines is 1. The Hall–Kier alpha value is -1.70. The maximum absolute atomic E-state index is 11.9. The van der Waals surface area contributed by atoms with E-state index < -0.39 is 9.84 Å². The lowest BCUT2D eigenvalue weighted by Crippen LogP contribution is -2.37. The van der Waals surface area contributed by atoms with Crippen molar-refractivity contribution in [2.45, 2.75) is 38.3 Å². The van der Waals surface area contributed by atoms with Crippen molar-refractivity contribution in [1.82, 2.24) is 15.3 Å². The highest BCUT2D eigenvalue weighted by Crippen LogP contribution is 2.22. The zero-order valence-corrected chi connectivity index (χ0v) is 13.3. The molecule has 0 spiro atoms. The molecule has 3 rings (SSSR count). The van der Waals surface area contributed by atoms with E-state index in [1.807, 2.05) is 11.8 Å². The Morgan fingerprint density at radius 2 is 2.00 bits per heavy atom. The molecule has 1 amide bonds. The van der Waals surface area contributed by atoms with Crippen LogP contribution in [0.1, 0.15) is 36.5 Å². The third kappa shape index (κ3) is 3.37. The second kappa shape index (κ2) is 5.83. The molecule has 22 heavy (non-hydrogen) atoms. The zero-order valence-electron chi connectivity index (χ0n) is 12.5. The van der Waals surface area contributed by atoms with Gasteiger partial charge in [-0.15, -0.1) is 0 Å². The molecule has 8 heteroatoms. The van der Waals surface area contributed by atoms with E-state index in [0.29, 0.717) is 30.5 Å². The van der Waals surface area contributed by atoms with Gasteiger partial charge in [0.15, 0.2) is 9.84 Å². The quantitative estimate of drug-likeness (QED) is 0.842. The molecule has 2 fully saturated rings. The van der Waals surface area contributed by atoms with Crippen molar-refractivity contribution >= 4 is 21.7 Å². The first-order valence-electron chi connectivity index (χ1n) is 7.58. The Bertz CT molecular complexity index is 655. The maximum Gasteiger partial charge on any atom is 0.254 e. The van der Waals surface area contributed by atoms with Crippen LogP contribution < -0.4 is 10.2 Å². The molecule has 1 unspecified atom stereocenters. The standard InChI is InChI=1S/C14H20N4O3S/c1-2-18(12-5-6-22(20,21)9-12)14-15-7-10(8-16-14)13(19)17-11-3-4-11/h7-8,11-12H,2-6,9H2,1H3,(H,17,19). The van der Waals surface area contributed by atoms with Crippen LogP contribution in [0.5, 0.6) is 0 Å². The molecule has 1 atom stereocenters. The van der Waals surface area contributed by atoms with Crippen LogP contribution in [0.15, 0.2) is 12.4 Å². The van der Waals surface area contributed by atoms with Crippen LogP contribution in [-0.4, -0.2) is 54.4 Å². The molecule has 0 aromatic carbocycles. The zero-order chi connectivity index (χ0) is 15.7. The highest BCUT2D eigenvalue weighted by atomic mass is 32.2. The number of amides is 1. The van der Waals surface area contributed by atoms with Crippen LogP contribution >= 0.6 is 0 Å². The SMILES string of the molecule is CCN(c1ncc(C(=O)NC2CC2)cn1)C1CCS(=O)(=O)C1. The number of carbonyl (C=O) groups excluding carboxylic acids is 1. The smallest absolute Gasteiger partial charge is 0.254 e. The first-order chi connectivity index (χ1) is 10.5. The van der Waals surface area contributed by atoms with Gasteiger partial charge in [0.05, 0.1) is 17.1 Å². The predicted molar refractivity (Wildman–Crippen MR) is 82.6 cm³/mol. The Morgan fingerprint density at radius 1 is 1.32 bits per heavy atom.